The molecule has 0 fully saturated rings. The summed E-state index contributed by atoms with van der Waals surface area (Å²) < 4.78 is 16.7. The summed E-state index contributed by atoms with van der Waals surface area (Å²) >= 11 is 0. The molecule has 0 saturated heterocycles. The number of rotatable bonds is 42. The van der Waals surface area contributed by atoms with Crippen LogP contribution in [0.15, 0.2) is 85.1 Å². The lowest BCUT2D eigenvalue weighted by atomic mass is 10.1. The highest BCUT2D eigenvalue weighted by Crippen LogP contribution is 2.13. The number of hydrogen-bond donors (Lipinski definition) is 0. The largest absolute Gasteiger partial charge is 0.462 e. The quantitative estimate of drug-likeness (QED) is 0.0264. The third-order valence-electron chi connectivity index (χ3n) is 9.86. The van der Waals surface area contributed by atoms with Crippen LogP contribution in [-0.4, -0.2) is 37.2 Å². The van der Waals surface area contributed by atoms with Gasteiger partial charge in [-0.05, 0) is 103 Å². The Bertz CT molecular complexity index is 1170. The number of unbranched alkanes of at least 4 members (excludes halogenated alkanes) is 17. The van der Waals surface area contributed by atoms with E-state index in [1.165, 1.54) is 25.7 Å². The number of esters is 3. The van der Waals surface area contributed by atoms with Gasteiger partial charge in [0.1, 0.15) is 13.2 Å². The molecule has 0 aliphatic rings. The van der Waals surface area contributed by atoms with E-state index in [9.17, 15) is 14.4 Å². The SMILES string of the molecule is CC/C=C\C/C=C\C/C=C\CCCCCCCC(=O)OC[C@H](COC(=O)CCCCCCC/C=C\CCCC)OC(=O)CCCCCCC/C=C\C/C=C\C/C=C\CC. The van der Waals surface area contributed by atoms with E-state index in [0.29, 0.717) is 19.3 Å². The minimum absolute atomic E-state index is 0.0948. The van der Waals surface area contributed by atoms with Crippen molar-refractivity contribution in [3.05, 3.63) is 85.1 Å². The molecular formula is C53H88O6. The molecule has 0 unspecified atom stereocenters. The lowest BCUT2D eigenvalue weighted by Crippen LogP contribution is -2.30. The zero-order valence-electron chi connectivity index (χ0n) is 38.2. The molecule has 0 spiro atoms. The molecule has 0 aromatic heterocycles. The number of carbonyl (C=O) groups excluding carboxylic acids is 3. The summed E-state index contributed by atoms with van der Waals surface area (Å²) in [7, 11) is 0. The van der Waals surface area contributed by atoms with Crippen molar-refractivity contribution in [1.82, 2.24) is 0 Å². The Labute approximate surface area is 363 Å². The first kappa shape index (κ1) is 55.6. The molecule has 0 aliphatic carbocycles. The second-order valence-corrected chi connectivity index (χ2v) is 15.6. The molecule has 0 amide bonds. The summed E-state index contributed by atoms with van der Waals surface area (Å²) in [6.07, 6.45) is 59.9. The van der Waals surface area contributed by atoms with Crippen LogP contribution in [0.4, 0.5) is 0 Å². The Kier molecular flexibility index (Phi) is 44.5. The number of hydrogen-bond acceptors (Lipinski definition) is 6. The van der Waals surface area contributed by atoms with Crippen LogP contribution in [0.1, 0.15) is 213 Å². The van der Waals surface area contributed by atoms with Gasteiger partial charge < -0.3 is 14.2 Å². The van der Waals surface area contributed by atoms with Crippen LogP contribution in [0.25, 0.3) is 0 Å². The maximum atomic E-state index is 12.8. The van der Waals surface area contributed by atoms with Crippen molar-refractivity contribution in [3.63, 3.8) is 0 Å². The Morgan fingerprint density at radius 2 is 0.661 bits per heavy atom. The number of ether oxygens (including phenoxy) is 3. The average molecular weight is 821 g/mol. The van der Waals surface area contributed by atoms with E-state index in [0.717, 1.165) is 148 Å². The zero-order chi connectivity index (χ0) is 43.0. The zero-order valence-corrected chi connectivity index (χ0v) is 38.2. The van der Waals surface area contributed by atoms with Gasteiger partial charge in [-0.3, -0.25) is 14.4 Å². The average Bonchev–Trinajstić information content (AvgIpc) is 3.23. The van der Waals surface area contributed by atoms with Crippen molar-refractivity contribution in [2.24, 2.45) is 0 Å². The van der Waals surface area contributed by atoms with Crippen molar-refractivity contribution < 1.29 is 28.6 Å². The summed E-state index contributed by atoms with van der Waals surface area (Å²) in [4.78, 5) is 37.8. The van der Waals surface area contributed by atoms with Gasteiger partial charge in [-0.25, -0.2) is 0 Å². The third kappa shape index (κ3) is 45.5. The molecule has 0 aromatic rings. The molecule has 0 bridgehead atoms. The van der Waals surface area contributed by atoms with Crippen molar-refractivity contribution in [2.45, 2.75) is 219 Å². The van der Waals surface area contributed by atoms with Crippen LogP contribution >= 0.6 is 0 Å². The van der Waals surface area contributed by atoms with E-state index in [2.05, 4.69) is 106 Å². The molecule has 336 valence electrons. The molecule has 6 heteroatoms. The highest BCUT2D eigenvalue weighted by molar-refractivity contribution is 5.71. The molecule has 6 nitrogen and oxygen atoms in total. The van der Waals surface area contributed by atoms with Gasteiger partial charge in [0.05, 0.1) is 0 Å². The van der Waals surface area contributed by atoms with E-state index < -0.39 is 6.10 Å². The third-order valence-corrected chi connectivity index (χ3v) is 9.86. The lowest BCUT2D eigenvalue weighted by Gasteiger charge is -2.18. The topological polar surface area (TPSA) is 78.9 Å². The fourth-order valence-electron chi connectivity index (χ4n) is 6.27. The molecule has 0 N–H and O–H groups in total. The van der Waals surface area contributed by atoms with Gasteiger partial charge >= 0.3 is 17.9 Å². The summed E-state index contributed by atoms with van der Waals surface area (Å²) in [5, 5.41) is 0. The maximum Gasteiger partial charge on any atom is 0.306 e. The molecule has 0 rings (SSSR count). The fraction of sp³-hybridized carbons (Fsp3) is 0.679. The first-order valence-electron chi connectivity index (χ1n) is 24.1. The molecule has 1 atom stereocenters. The summed E-state index contributed by atoms with van der Waals surface area (Å²) in [5.41, 5.74) is 0. The van der Waals surface area contributed by atoms with Crippen LogP contribution in [0, 0.1) is 0 Å². The molecule has 0 saturated carbocycles. The van der Waals surface area contributed by atoms with Gasteiger partial charge in [-0.2, -0.15) is 0 Å². The predicted molar refractivity (Wildman–Crippen MR) is 251 cm³/mol. The van der Waals surface area contributed by atoms with Gasteiger partial charge in [0.2, 0.25) is 0 Å². The molecule has 0 aliphatic heterocycles. The maximum absolute atomic E-state index is 12.8. The Morgan fingerprint density at radius 3 is 1.05 bits per heavy atom. The molecular weight excluding hydrogens is 733 g/mol. The van der Waals surface area contributed by atoms with Crippen molar-refractivity contribution in [3.8, 4) is 0 Å². The van der Waals surface area contributed by atoms with Crippen LogP contribution in [0.3, 0.4) is 0 Å². The molecule has 0 radical (unpaired) electrons. The van der Waals surface area contributed by atoms with Crippen LogP contribution < -0.4 is 0 Å². The highest BCUT2D eigenvalue weighted by atomic mass is 16.6. The summed E-state index contributed by atoms with van der Waals surface area (Å²) in [5.74, 6) is -0.944. The smallest absolute Gasteiger partial charge is 0.306 e. The lowest BCUT2D eigenvalue weighted by molar-refractivity contribution is -0.167. The van der Waals surface area contributed by atoms with Crippen LogP contribution in [0.5, 0.6) is 0 Å². The molecule has 0 heterocycles. The Balaban J connectivity index is 4.45. The van der Waals surface area contributed by atoms with E-state index >= 15 is 0 Å². The van der Waals surface area contributed by atoms with Gasteiger partial charge in [0.25, 0.3) is 0 Å². The van der Waals surface area contributed by atoms with E-state index in [1.54, 1.807) is 0 Å². The van der Waals surface area contributed by atoms with E-state index in [1.807, 2.05) is 0 Å². The highest BCUT2D eigenvalue weighted by Gasteiger charge is 2.19. The number of carbonyl (C=O) groups is 3. The Hall–Kier alpha value is -3.41. The standard InChI is InChI=1S/C53H88O6/c1-4-7-10-13-16-19-22-24-26-28-31-34-37-40-43-46-52(55)58-49-50(48-57-51(54)45-42-39-36-33-30-21-18-15-12-9-6-3)59-53(56)47-44-41-38-35-32-29-27-25-23-20-17-14-11-8-5-2/h7-8,10-11,15-20,24-27,50H,4-6,9,12-14,21-23,28-49H2,1-3H3/b10-7-,11-8-,18-15-,19-16-,20-17-,26-24-,27-25-/t50-/m0/s1. The fourth-order valence-corrected chi connectivity index (χ4v) is 6.27. The number of allylic oxidation sites excluding steroid dienone is 14. The van der Waals surface area contributed by atoms with E-state index in [4.69, 9.17) is 14.2 Å². The minimum Gasteiger partial charge on any atom is -0.462 e. The second-order valence-electron chi connectivity index (χ2n) is 15.6. The Morgan fingerprint density at radius 1 is 0.356 bits per heavy atom. The molecule has 0 aromatic carbocycles. The van der Waals surface area contributed by atoms with Crippen molar-refractivity contribution in [2.75, 3.05) is 13.2 Å². The normalized spacial score (nSPS) is 12.8. The predicted octanol–water partition coefficient (Wildman–Crippen LogP) is 15.6. The minimum atomic E-state index is -0.795. The van der Waals surface area contributed by atoms with Crippen molar-refractivity contribution in [1.29, 1.82) is 0 Å². The van der Waals surface area contributed by atoms with Crippen LogP contribution in [-0.2, 0) is 28.6 Å². The monoisotopic (exact) mass is 821 g/mol. The summed E-state index contributed by atoms with van der Waals surface area (Å²) in [6.45, 7) is 6.32. The van der Waals surface area contributed by atoms with E-state index in [-0.39, 0.29) is 31.1 Å². The van der Waals surface area contributed by atoms with Crippen molar-refractivity contribution >= 4 is 17.9 Å². The van der Waals surface area contributed by atoms with Gasteiger partial charge in [0, 0.05) is 19.3 Å². The molecule has 59 heavy (non-hydrogen) atoms. The van der Waals surface area contributed by atoms with Crippen LogP contribution in [0.2, 0.25) is 0 Å². The second kappa shape index (κ2) is 47.3. The first-order chi connectivity index (χ1) is 29.0. The van der Waals surface area contributed by atoms with Gasteiger partial charge in [0.15, 0.2) is 6.10 Å². The van der Waals surface area contributed by atoms with Gasteiger partial charge in [-0.15, -0.1) is 0 Å². The first-order valence-corrected chi connectivity index (χ1v) is 24.1. The summed E-state index contributed by atoms with van der Waals surface area (Å²) in [6, 6.07) is 0. The van der Waals surface area contributed by atoms with Gasteiger partial charge in [-0.1, -0.05) is 176 Å².